The molecule has 0 N–H and O–H groups in total. The van der Waals surface area contributed by atoms with Gasteiger partial charge in [-0.25, -0.2) is 8.42 Å². The predicted octanol–water partition coefficient (Wildman–Crippen LogP) is 2.84. The lowest BCUT2D eigenvalue weighted by Crippen LogP contribution is -2.31. The summed E-state index contributed by atoms with van der Waals surface area (Å²) in [6.45, 7) is 2.75. The number of amides is 1. The van der Waals surface area contributed by atoms with Crippen molar-refractivity contribution in [1.82, 2.24) is 4.90 Å². The van der Waals surface area contributed by atoms with Crippen LogP contribution in [0.3, 0.4) is 0 Å². The molecule has 0 radical (unpaired) electrons. The summed E-state index contributed by atoms with van der Waals surface area (Å²) in [5.74, 6) is 0.487. The number of carbonyl (C=O) groups excluding carboxylic acids is 1. The second kappa shape index (κ2) is 8.00. The smallest absolute Gasteiger partial charge is 0.223 e. The molecular formula is C20H23NO5S. The van der Waals surface area contributed by atoms with Crippen molar-refractivity contribution >= 4 is 15.7 Å². The quantitative estimate of drug-likeness (QED) is 0.760. The van der Waals surface area contributed by atoms with E-state index in [-0.39, 0.29) is 29.0 Å². The van der Waals surface area contributed by atoms with Gasteiger partial charge >= 0.3 is 0 Å². The summed E-state index contributed by atoms with van der Waals surface area (Å²) in [5.41, 5.74) is 1.00. The highest BCUT2D eigenvalue weighted by molar-refractivity contribution is 7.91. The van der Waals surface area contributed by atoms with Gasteiger partial charge in [-0.3, -0.25) is 4.79 Å². The highest BCUT2D eigenvalue weighted by Gasteiger charge is 2.23. The third kappa shape index (κ3) is 4.42. The molecule has 1 heterocycles. The zero-order chi connectivity index (χ0) is 19.4. The summed E-state index contributed by atoms with van der Waals surface area (Å²) in [5, 5.41) is 0. The van der Waals surface area contributed by atoms with E-state index >= 15 is 0 Å². The molecule has 7 heteroatoms. The molecule has 27 heavy (non-hydrogen) atoms. The van der Waals surface area contributed by atoms with E-state index in [1.54, 1.807) is 18.0 Å². The number of ether oxygens (including phenoxy) is 2. The third-order valence-corrected chi connectivity index (χ3v) is 6.43. The number of fused-ring (bicyclic) bond motifs is 1. The number of nitrogens with zero attached hydrogens (tertiary/aromatic N) is 1. The van der Waals surface area contributed by atoms with Crippen molar-refractivity contribution in [3.8, 4) is 11.5 Å². The molecule has 1 aliphatic rings. The van der Waals surface area contributed by atoms with E-state index in [0.717, 1.165) is 5.56 Å². The zero-order valence-corrected chi connectivity index (χ0v) is 16.2. The largest absolute Gasteiger partial charge is 0.486 e. The van der Waals surface area contributed by atoms with Crippen molar-refractivity contribution in [3.05, 3.63) is 54.1 Å². The van der Waals surface area contributed by atoms with E-state index < -0.39 is 9.84 Å². The molecule has 1 amide bonds. The standard InChI is InChI=1S/C20H23NO5S/c1-15(16-6-4-3-5-7-16)21(2)20(22)10-13-27(23,24)17-8-9-18-19(14-17)26-12-11-25-18/h3-9,14-15H,10-13H2,1-2H3/t15-/m1/s1. The Bertz CT molecular complexity index is 911. The van der Waals surface area contributed by atoms with Crippen LogP contribution in [0.5, 0.6) is 11.5 Å². The topological polar surface area (TPSA) is 72.9 Å². The number of benzene rings is 2. The Labute approximate surface area is 159 Å². The monoisotopic (exact) mass is 389 g/mol. The lowest BCUT2D eigenvalue weighted by atomic mass is 10.1. The fraction of sp³-hybridized carbons (Fsp3) is 0.350. The Morgan fingerprint density at radius 3 is 2.44 bits per heavy atom. The highest BCUT2D eigenvalue weighted by atomic mass is 32.2. The molecule has 2 aromatic carbocycles. The highest BCUT2D eigenvalue weighted by Crippen LogP contribution is 2.32. The Morgan fingerprint density at radius 1 is 1.07 bits per heavy atom. The Kier molecular flexibility index (Phi) is 5.70. The SMILES string of the molecule is C[C@H](c1ccccc1)N(C)C(=O)CCS(=O)(=O)c1ccc2c(c1)OCCO2. The Hall–Kier alpha value is -2.54. The van der Waals surface area contributed by atoms with Gasteiger partial charge in [-0.05, 0) is 24.6 Å². The maximum Gasteiger partial charge on any atom is 0.223 e. The summed E-state index contributed by atoms with van der Waals surface area (Å²) >= 11 is 0. The maximum atomic E-state index is 12.6. The predicted molar refractivity (Wildman–Crippen MR) is 102 cm³/mol. The van der Waals surface area contributed by atoms with Crippen LogP contribution in [0.15, 0.2) is 53.4 Å². The van der Waals surface area contributed by atoms with E-state index in [1.807, 2.05) is 37.3 Å². The van der Waals surface area contributed by atoms with E-state index in [0.29, 0.717) is 24.7 Å². The molecule has 6 nitrogen and oxygen atoms in total. The zero-order valence-electron chi connectivity index (χ0n) is 15.4. The molecule has 2 aromatic rings. The molecule has 144 valence electrons. The van der Waals surface area contributed by atoms with E-state index in [9.17, 15) is 13.2 Å². The van der Waals surface area contributed by atoms with Crippen LogP contribution in [-0.2, 0) is 14.6 Å². The van der Waals surface area contributed by atoms with Crippen LogP contribution in [0.2, 0.25) is 0 Å². The number of rotatable bonds is 6. The van der Waals surface area contributed by atoms with Gasteiger partial charge in [0, 0.05) is 19.5 Å². The third-order valence-electron chi connectivity index (χ3n) is 4.71. The minimum absolute atomic E-state index is 0.0789. The number of sulfone groups is 1. The van der Waals surface area contributed by atoms with Gasteiger partial charge in [0.15, 0.2) is 21.3 Å². The van der Waals surface area contributed by atoms with E-state index in [4.69, 9.17) is 9.47 Å². The summed E-state index contributed by atoms with van der Waals surface area (Å²) in [6, 6.07) is 14.0. The molecule has 1 aliphatic heterocycles. The molecule has 0 bridgehead atoms. The minimum atomic E-state index is -3.60. The molecule has 0 aromatic heterocycles. The molecule has 0 aliphatic carbocycles. The lowest BCUT2D eigenvalue weighted by molar-refractivity contribution is -0.131. The molecular weight excluding hydrogens is 366 g/mol. The number of hydrogen-bond donors (Lipinski definition) is 0. The van der Waals surface area contributed by atoms with Crippen LogP contribution in [-0.4, -0.2) is 45.2 Å². The van der Waals surface area contributed by atoms with Gasteiger partial charge in [0.1, 0.15) is 13.2 Å². The summed E-state index contributed by atoms with van der Waals surface area (Å²) in [7, 11) is -1.90. The van der Waals surface area contributed by atoms with Crippen LogP contribution in [0.25, 0.3) is 0 Å². The second-order valence-electron chi connectivity index (χ2n) is 6.47. The van der Waals surface area contributed by atoms with Crippen molar-refractivity contribution in [2.45, 2.75) is 24.3 Å². The van der Waals surface area contributed by atoms with Gasteiger partial charge in [-0.15, -0.1) is 0 Å². The summed E-state index contributed by atoms with van der Waals surface area (Å²) in [6.07, 6.45) is -0.0789. The van der Waals surface area contributed by atoms with Gasteiger partial charge in [-0.1, -0.05) is 30.3 Å². The number of carbonyl (C=O) groups is 1. The molecule has 1 atom stereocenters. The molecule has 3 rings (SSSR count). The first-order valence-electron chi connectivity index (χ1n) is 8.81. The van der Waals surface area contributed by atoms with Crippen LogP contribution in [0, 0.1) is 0 Å². The Morgan fingerprint density at radius 2 is 1.74 bits per heavy atom. The minimum Gasteiger partial charge on any atom is -0.486 e. The van der Waals surface area contributed by atoms with Gasteiger partial charge in [0.2, 0.25) is 5.91 Å². The first-order valence-corrected chi connectivity index (χ1v) is 10.5. The van der Waals surface area contributed by atoms with Crippen molar-refractivity contribution < 1.29 is 22.7 Å². The fourth-order valence-corrected chi connectivity index (χ4v) is 4.15. The molecule has 0 spiro atoms. The van der Waals surface area contributed by atoms with Crippen molar-refractivity contribution in [1.29, 1.82) is 0 Å². The average molecular weight is 389 g/mol. The van der Waals surface area contributed by atoms with E-state index in [2.05, 4.69) is 0 Å². The maximum absolute atomic E-state index is 12.6. The normalized spacial score (nSPS) is 14.4. The van der Waals surface area contributed by atoms with Crippen LogP contribution in [0.4, 0.5) is 0 Å². The van der Waals surface area contributed by atoms with Crippen molar-refractivity contribution in [2.24, 2.45) is 0 Å². The second-order valence-corrected chi connectivity index (χ2v) is 8.57. The van der Waals surface area contributed by atoms with Crippen molar-refractivity contribution in [3.63, 3.8) is 0 Å². The number of hydrogen-bond acceptors (Lipinski definition) is 5. The fourth-order valence-electron chi connectivity index (χ4n) is 2.90. The Balaban J connectivity index is 1.65. The summed E-state index contributed by atoms with van der Waals surface area (Å²) < 4.78 is 36.1. The first-order chi connectivity index (χ1) is 12.9. The molecule has 0 saturated heterocycles. The van der Waals surface area contributed by atoms with Gasteiger partial charge < -0.3 is 14.4 Å². The van der Waals surface area contributed by atoms with E-state index in [1.165, 1.54) is 12.1 Å². The average Bonchev–Trinajstić information content (AvgIpc) is 2.71. The van der Waals surface area contributed by atoms with Crippen LogP contribution in [0.1, 0.15) is 24.9 Å². The lowest BCUT2D eigenvalue weighted by Gasteiger charge is -2.25. The first kappa shape index (κ1) is 19.2. The molecule has 0 fully saturated rings. The molecule has 0 saturated carbocycles. The molecule has 0 unspecified atom stereocenters. The van der Waals surface area contributed by atoms with Gasteiger partial charge in [0.25, 0.3) is 0 Å². The van der Waals surface area contributed by atoms with Gasteiger partial charge in [0.05, 0.1) is 16.7 Å². The summed E-state index contributed by atoms with van der Waals surface area (Å²) in [4.78, 5) is 14.2. The van der Waals surface area contributed by atoms with Crippen molar-refractivity contribution in [2.75, 3.05) is 26.0 Å². The van der Waals surface area contributed by atoms with Gasteiger partial charge in [-0.2, -0.15) is 0 Å². The van der Waals surface area contributed by atoms with Crippen LogP contribution >= 0.6 is 0 Å². The van der Waals surface area contributed by atoms with Crippen LogP contribution < -0.4 is 9.47 Å².